The Morgan fingerprint density at radius 3 is 2.30 bits per heavy atom. The van der Waals surface area contributed by atoms with Gasteiger partial charge in [-0.05, 0) is 43.4 Å². The number of benzene rings is 1. The average molecular weight is 380 g/mol. The number of carbonyl (C=O) groups is 2. The van der Waals surface area contributed by atoms with Gasteiger partial charge in [0, 0.05) is 32.3 Å². The number of likely N-dealkylation sites (tertiary alicyclic amines) is 1. The molecular formula is C20H26F2N2O3. The van der Waals surface area contributed by atoms with E-state index in [1.54, 1.807) is 4.90 Å². The van der Waals surface area contributed by atoms with Crippen molar-refractivity contribution in [1.82, 2.24) is 10.2 Å². The molecule has 0 aromatic heterocycles. The molecule has 0 atom stereocenters. The summed E-state index contributed by atoms with van der Waals surface area (Å²) in [5.41, 5.74) is -0.450. The van der Waals surface area contributed by atoms with Crippen LogP contribution in [-0.4, -0.2) is 49.6 Å². The highest BCUT2D eigenvalue weighted by atomic mass is 19.1. The van der Waals surface area contributed by atoms with E-state index in [2.05, 4.69) is 5.32 Å². The molecule has 1 saturated carbocycles. The Kier molecular flexibility index (Phi) is 6.09. The molecule has 0 radical (unpaired) electrons. The second-order valence-corrected chi connectivity index (χ2v) is 7.51. The molecule has 3 rings (SSSR count). The van der Waals surface area contributed by atoms with Crippen molar-refractivity contribution in [3.63, 3.8) is 0 Å². The van der Waals surface area contributed by atoms with Crippen LogP contribution in [0.4, 0.5) is 8.78 Å². The van der Waals surface area contributed by atoms with Gasteiger partial charge >= 0.3 is 0 Å². The van der Waals surface area contributed by atoms with Gasteiger partial charge in [-0.15, -0.1) is 0 Å². The number of nitrogens with one attached hydrogen (secondary N) is 1. The number of hydrogen-bond acceptors (Lipinski definition) is 3. The van der Waals surface area contributed by atoms with Crippen LogP contribution in [0.5, 0.6) is 0 Å². The topological polar surface area (TPSA) is 58.6 Å². The summed E-state index contributed by atoms with van der Waals surface area (Å²) >= 11 is 0. The van der Waals surface area contributed by atoms with Gasteiger partial charge in [-0.2, -0.15) is 0 Å². The third kappa shape index (κ3) is 4.29. The van der Waals surface area contributed by atoms with Crippen molar-refractivity contribution in [2.75, 3.05) is 26.8 Å². The van der Waals surface area contributed by atoms with Crippen molar-refractivity contribution >= 4 is 11.8 Å². The Balaban J connectivity index is 1.68. The highest BCUT2D eigenvalue weighted by Crippen LogP contribution is 2.42. The molecule has 0 spiro atoms. The zero-order valence-electron chi connectivity index (χ0n) is 15.6. The molecule has 1 N–H and O–H groups in total. The van der Waals surface area contributed by atoms with Gasteiger partial charge < -0.3 is 15.0 Å². The molecule has 7 heteroatoms. The zero-order chi connectivity index (χ0) is 19.4. The summed E-state index contributed by atoms with van der Waals surface area (Å²) in [6, 6.07) is 3.34. The standard InChI is InChI=1S/C20H26F2N2O3/c1-27-13-18(25)24-8-4-17(5-9-24)23-19(26)20(6-2-3-7-20)14-10-15(21)12-16(22)11-14/h10-12,17H,2-9,13H2,1H3,(H,23,26). The molecular weight excluding hydrogens is 354 g/mol. The number of halogens is 2. The van der Waals surface area contributed by atoms with Gasteiger partial charge in [-0.3, -0.25) is 9.59 Å². The largest absolute Gasteiger partial charge is 0.375 e. The van der Waals surface area contributed by atoms with Crippen LogP contribution in [-0.2, 0) is 19.7 Å². The maximum absolute atomic E-state index is 13.7. The van der Waals surface area contributed by atoms with Crippen LogP contribution in [0.1, 0.15) is 44.1 Å². The number of methoxy groups -OCH3 is 1. The minimum Gasteiger partial charge on any atom is -0.375 e. The molecule has 1 aliphatic carbocycles. The number of carbonyl (C=O) groups excluding carboxylic acids is 2. The van der Waals surface area contributed by atoms with Crippen LogP contribution in [0, 0.1) is 11.6 Å². The van der Waals surface area contributed by atoms with Crippen LogP contribution >= 0.6 is 0 Å². The van der Waals surface area contributed by atoms with E-state index in [9.17, 15) is 18.4 Å². The molecule has 1 aromatic rings. The first-order valence-corrected chi connectivity index (χ1v) is 9.49. The van der Waals surface area contributed by atoms with Crippen LogP contribution in [0.25, 0.3) is 0 Å². The number of hydrogen-bond donors (Lipinski definition) is 1. The number of piperidine rings is 1. The molecule has 1 aliphatic heterocycles. The first kappa shape index (κ1) is 19.7. The highest BCUT2D eigenvalue weighted by molar-refractivity contribution is 5.89. The fourth-order valence-electron chi connectivity index (χ4n) is 4.27. The summed E-state index contributed by atoms with van der Waals surface area (Å²) in [6.45, 7) is 1.19. The lowest BCUT2D eigenvalue weighted by Gasteiger charge is -2.35. The van der Waals surface area contributed by atoms with Crippen molar-refractivity contribution in [2.45, 2.75) is 50.0 Å². The Hall–Kier alpha value is -2.02. The predicted octanol–water partition coefficient (Wildman–Crippen LogP) is 2.53. The number of nitrogens with zero attached hydrogens (tertiary/aromatic N) is 1. The fraction of sp³-hybridized carbons (Fsp3) is 0.600. The normalized spacial score (nSPS) is 19.9. The Morgan fingerprint density at radius 1 is 1.15 bits per heavy atom. The minimum atomic E-state index is -0.869. The van der Waals surface area contributed by atoms with E-state index < -0.39 is 17.0 Å². The first-order chi connectivity index (χ1) is 12.9. The summed E-state index contributed by atoms with van der Waals surface area (Å²) in [7, 11) is 1.49. The average Bonchev–Trinajstić information content (AvgIpc) is 3.13. The fourth-order valence-corrected chi connectivity index (χ4v) is 4.27. The maximum Gasteiger partial charge on any atom is 0.248 e. The van der Waals surface area contributed by atoms with Crippen LogP contribution < -0.4 is 5.32 Å². The number of rotatable bonds is 5. The van der Waals surface area contributed by atoms with Gasteiger partial charge in [0.25, 0.3) is 0 Å². The number of amides is 2. The van der Waals surface area contributed by atoms with Crippen LogP contribution in [0.2, 0.25) is 0 Å². The molecule has 148 valence electrons. The summed E-state index contributed by atoms with van der Waals surface area (Å²) in [5.74, 6) is -1.53. The van der Waals surface area contributed by atoms with Crippen molar-refractivity contribution < 1.29 is 23.1 Å². The third-order valence-corrected chi connectivity index (χ3v) is 5.76. The van der Waals surface area contributed by atoms with E-state index in [4.69, 9.17) is 4.74 Å². The molecule has 5 nitrogen and oxygen atoms in total. The molecule has 1 saturated heterocycles. The molecule has 2 amide bonds. The van der Waals surface area contributed by atoms with Crippen molar-refractivity contribution in [3.8, 4) is 0 Å². The second-order valence-electron chi connectivity index (χ2n) is 7.51. The zero-order valence-corrected chi connectivity index (χ0v) is 15.6. The van der Waals surface area contributed by atoms with E-state index in [0.717, 1.165) is 18.9 Å². The summed E-state index contributed by atoms with van der Waals surface area (Å²) in [6.07, 6.45) is 4.22. The van der Waals surface area contributed by atoms with Crippen molar-refractivity contribution in [2.24, 2.45) is 0 Å². The molecule has 1 aromatic carbocycles. The van der Waals surface area contributed by atoms with E-state index in [-0.39, 0.29) is 24.5 Å². The quantitative estimate of drug-likeness (QED) is 0.854. The van der Waals surface area contributed by atoms with Gasteiger partial charge in [-0.1, -0.05) is 12.8 Å². The van der Waals surface area contributed by atoms with Crippen LogP contribution in [0.15, 0.2) is 18.2 Å². The first-order valence-electron chi connectivity index (χ1n) is 9.49. The summed E-state index contributed by atoms with van der Waals surface area (Å²) < 4.78 is 32.3. The Morgan fingerprint density at radius 2 is 1.74 bits per heavy atom. The molecule has 2 fully saturated rings. The Labute approximate surface area is 158 Å². The van der Waals surface area contributed by atoms with Gasteiger partial charge in [0.2, 0.25) is 11.8 Å². The lowest BCUT2D eigenvalue weighted by Crippen LogP contribution is -2.51. The van der Waals surface area contributed by atoms with E-state index in [1.165, 1.54) is 19.2 Å². The monoisotopic (exact) mass is 380 g/mol. The second kappa shape index (κ2) is 8.33. The molecule has 27 heavy (non-hydrogen) atoms. The van der Waals surface area contributed by atoms with E-state index >= 15 is 0 Å². The smallest absolute Gasteiger partial charge is 0.248 e. The van der Waals surface area contributed by atoms with Gasteiger partial charge in [-0.25, -0.2) is 8.78 Å². The summed E-state index contributed by atoms with van der Waals surface area (Å²) in [4.78, 5) is 26.7. The predicted molar refractivity (Wildman–Crippen MR) is 96.1 cm³/mol. The van der Waals surface area contributed by atoms with Crippen molar-refractivity contribution in [3.05, 3.63) is 35.4 Å². The minimum absolute atomic E-state index is 0.0417. The molecule has 0 bridgehead atoms. The van der Waals surface area contributed by atoms with Crippen LogP contribution in [0.3, 0.4) is 0 Å². The SMILES string of the molecule is COCC(=O)N1CCC(NC(=O)C2(c3cc(F)cc(F)c3)CCCC2)CC1. The third-order valence-electron chi connectivity index (χ3n) is 5.76. The summed E-state index contributed by atoms with van der Waals surface area (Å²) in [5, 5.41) is 3.08. The molecule has 1 heterocycles. The Bertz CT molecular complexity index is 676. The highest BCUT2D eigenvalue weighted by Gasteiger charge is 2.44. The maximum atomic E-state index is 13.7. The molecule has 2 aliphatic rings. The molecule has 0 unspecified atom stereocenters. The lowest BCUT2D eigenvalue weighted by molar-refractivity contribution is -0.136. The van der Waals surface area contributed by atoms with Gasteiger partial charge in [0.05, 0.1) is 5.41 Å². The van der Waals surface area contributed by atoms with Gasteiger partial charge in [0.1, 0.15) is 18.2 Å². The van der Waals surface area contributed by atoms with Crippen molar-refractivity contribution in [1.29, 1.82) is 0 Å². The van der Waals surface area contributed by atoms with Gasteiger partial charge in [0.15, 0.2) is 0 Å². The number of ether oxygens (including phenoxy) is 1. The van der Waals surface area contributed by atoms with E-state index in [0.29, 0.717) is 44.3 Å². The lowest BCUT2D eigenvalue weighted by atomic mass is 9.77. The van der Waals surface area contributed by atoms with E-state index in [1.807, 2.05) is 0 Å².